The van der Waals surface area contributed by atoms with Crippen LogP contribution in [0.5, 0.6) is 0 Å². The first-order valence-corrected chi connectivity index (χ1v) is 6.82. The first-order chi connectivity index (χ1) is 8.88. The second-order valence-electron chi connectivity index (χ2n) is 6.16. The van der Waals surface area contributed by atoms with Crippen molar-refractivity contribution in [3.8, 4) is 0 Å². The number of hydrogen-bond acceptors (Lipinski definition) is 3. The van der Waals surface area contributed by atoms with Crippen molar-refractivity contribution in [2.45, 2.75) is 39.7 Å². The summed E-state index contributed by atoms with van der Waals surface area (Å²) in [5, 5.41) is 1.10. The van der Waals surface area contributed by atoms with Crippen molar-refractivity contribution < 1.29 is 4.79 Å². The van der Waals surface area contributed by atoms with Crippen molar-refractivity contribution in [3.63, 3.8) is 0 Å². The third-order valence-electron chi connectivity index (χ3n) is 3.79. The highest BCUT2D eigenvalue weighted by Gasteiger charge is 2.35. The number of hydrogen-bond donors (Lipinski definition) is 0. The first kappa shape index (κ1) is 12.6. The summed E-state index contributed by atoms with van der Waals surface area (Å²) < 4.78 is 2.05. The summed E-state index contributed by atoms with van der Waals surface area (Å²) in [6, 6.07) is 2.13. The minimum absolute atomic E-state index is 0.0683. The third-order valence-corrected chi connectivity index (χ3v) is 3.97. The molecular weight excluding hydrogens is 262 g/mol. The van der Waals surface area contributed by atoms with Crippen LogP contribution < -0.4 is 0 Å². The Balaban J connectivity index is 2.32. The molecule has 2 aromatic heterocycles. The smallest absolute Gasteiger partial charge is 0.224 e. The van der Waals surface area contributed by atoms with Gasteiger partial charge in [-0.2, -0.15) is 4.98 Å². The van der Waals surface area contributed by atoms with Crippen molar-refractivity contribution in [1.29, 1.82) is 0 Å². The van der Waals surface area contributed by atoms with Crippen LogP contribution in [0.25, 0.3) is 11.0 Å². The molecule has 3 heterocycles. The van der Waals surface area contributed by atoms with Crippen LogP contribution in [0.15, 0.2) is 12.3 Å². The molecular formula is C14H16ClN3O. The lowest BCUT2D eigenvalue weighted by molar-refractivity contribution is 0.0909. The van der Waals surface area contributed by atoms with Crippen LogP contribution in [0.1, 0.15) is 50.1 Å². The molecule has 1 aliphatic rings. The predicted molar refractivity (Wildman–Crippen MR) is 74.6 cm³/mol. The van der Waals surface area contributed by atoms with E-state index in [1.807, 2.05) is 6.07 Å². The Bertz CT molecular complexity index is 669. The quantitative estimate of drug-likeness (QED) is 0.691. The number of nitrogens with zero attached hydrogens (tertiary/aromatic N) is 3. The van der Waals surface area contributed by atoms with Gasteiger partial charge in [0.25, 0.3) is 0 Å². The maximum absolute atomic E-state index is 12.1. The molecule has 0 saturated carbocycles. The molecule has 0 N–H and O–H groups in total. The highest BCUT2D eigenvalue weighted by atomic mass is 35.5. The monoisotopic (exact) mass is 277 g/mol. The summed E-state index contributed by atoms with van der Waals surface area (Å²) in [5.74, 6) is 0.176. The van der Waals surface area contributed by atoms with Crippen molar-refractivity contribution in [2.24, 2.45) is 5.41 Å². The van der Waals surface area contributed by atoms with E-state index in [0.29, 0.717) is 6.42 Å². The molecule has 0 aliphatic carbocycles. The Morgan fingerprint density at radius 3 is 2.84 bits per heavy atom. The fourth-order valence-electron chi connectivity index (χ4n) is 2.86. The SMILES string of the molecule is CC(C)(C)[C@H]1CCC(=O)c2cc3cnc(Cl)nc3n21. The molecule has 4 nitrogen and oxygen atoms in total. The second-order valence-corrected chi connectivity index (χ2v) is 6.50. The van der Waals surface area contributed by atoms with Crippen molar-refractivity contribution in [1.82, 2.24) is 14.5 Å². The van der Waals surface area contributed by atoms with Gasteiger partial charge < -0.3 is 4.57 Å². The van der Waals surface area contributed by atoms with Crippen LogP contribution in [0.4, 0.5) is 0 Å². The number of fused-ring (bicyclic) bond motifs is 3. The van der Waals surface area contributed by atoms with Crippen molar-refractivity contribution >= 4 is 28.4 Å². The Kier molecular flexibility index (Phi) is 2.68. The molecule has 0 unspecified atom stereocenters. The van der Waals surface area contributed by atoms with Gasteiger partial charge in [-0.05, 0) is 29.5 Å². The molecule has 100 valence electrons. The van der Waals surface area contributed by atoms with E-state index in [4.69, 9.17) is 11.6 Å². The van der Waals surface area contributed by atoms with E-state index in [-0.39, 0.29) is 22.5 Å². The number of aromatic nitrogens is 3. The lowest BCUT2D eigenvalue weighted by atomic mass is 9.81. The lowest BCUT2D eigenvalue weighted by Gasteiger charge is -2.36. The molecule has 0 fully saturated rings. The first-order valence-electron chi connectivity index (χ1n) is 6.44. The van der Waals surface area contributed by atoms with E-state index >= 15 is 0 Å². The summed E-state index contributed by atoms with van der Waals surface area (Å²) in [6.07, 6.45) is 3.13. The molecule has 0 amide bonds. The minimum Gasteiger partial charge on any atom is -0.319 e. The zero-order valence-electron chi connectivity index (χ0n) is 11.3. The standard InChI is InChI=1S/C14H16ClN3O/c1-14(2,3)11-5-4-10(19)9-6-8-7-16-13(15)17-12(8)18(9)11/h6-7,11H,4-5H2,1-3H3/t11-/m1/s1. The highest BCUT2D eigenvalue weighted by Crippen LogP contribution is 2.41. The van der Waals surface area contributed by atoms with Gasteiger partial charge in [-0.25, -0.2) is 4.98 Å². The Morgan fingerprint density at radius 1 is 1.42 bits per heavy atom. The van der Waals surface area contributed by atoms with E-state index in [1.165, 1.54) is 0 Å². The van der Waals surface area contributed by atoms with E-state index in [9.17, 15) is 4.79 Å². The zero-order chi connectivity index (χ0) is 13.8. The largest absolute Gasteiger partial charge is 0.319 e. The zero-order valence-corrected chi connectivity index (χ0v) is 12.0. The van der Waals surface area contributed by atoms with Gasteiger partial charge in [0, 0.05) is 24.0 Å². The summed E-state index contributed by atoms with van der Waals surface area (Å²) >= 11 is 5.90. The van der Waals surface area contributed by atoms with Gasteiger partial charge >= 0.3 is 0 Å². The molecule has 2 aromatic rings. The summed E-state index contributed by atoms with van der Waals surface area (Å²) in [5.41, 5.74) is 1.57. The Morgan fingerprint density at radius 2 is 2.16 bits per heavy atom. The molecule has 0 saturated heterocycles. The van der Waals surface area contributed by atoms with Crippen LogP contribution in [-0.4, -0.2) is 20.3 Å². The van der Waals surface area contributed by atoms with Gasteiger partial charge in [0.05, 0.1) is 5.69 Å². The van der Waals surface area contributed by atoms with E-state index in [0.717, 1.165) is 23.1 Å². The number of rotatable bonds is 0. The van der Waals surface area contributed by atoms with Crippen molar-refractivity contribution in [2.75, 3.05) is 0 Å². The topological polar surface area (TPSA) is 47.8 Å². The van der Waals surface area contributed by atoms with Crippen LogP contribution in [0.2, 0.25) is 5.28 Å². The van der Waals surface area contributed by atoms with E-state index in [2.05, 4.69) is 35.3 Å². The second kappa shape index (κ2) is 4.04. The third kappa shape index (κ3) is 1.94. The molecule has 1 atom stereocenters. The average molecular weight is 278 g/mol. The van der Waals surface area contributed by atoms with E-state index in [1.54, 1.807) is 6.20 Å². The van der Waals surface area contributed by atoms with E-state index < -0.39 is 0 Å². The Labute approximate surface area is 116 Å². The van der Waals surface area contributed by atoms with Gasteiger partial charge in [-0.3, -0.25) is 4.79 Å². The molecule has 0 bridgehead atoms. The van der Waals surface area contributed by atoms with Crippen LogP contribution in [0, 0.1) is 5.41 Å². The average Bonchev–Trinajstić information content (AvgIpc) is 2.68. The summed E-state index contributed by atoms with van der Waals surface area (Å²) in [6.45, 7) is 6.56. The molecule has 1 aliphatic heterocycles. The number of ketones is 1. The number of Topliss-reactive ketones (excluding diaryl/α,β-unsaturated/α-hetero) is 1. The molecule has 3 rings (SSSR count). The number of halogens is 1. The maximum Gasteiger partial charge on any atom is 0.224 e. The summed E-state index contributed by atoms with van der Waals surface area (Å²) in [4.78, 5) is 20.4. The predicted octanol–water partition coefficient (Wildman–Crippen LogP) is 3.65. The number of carbonyl (C=O) groups is 1. The van der Waals surface area contributed by atoms with Gasteiger partial charge in [0.1, 0.15) is 5.65 Å². The number of carbonyl (C=O) groups excluding carboxylic acids is 1. The Hall–Kier alpha value is -1.42. The lowest BCUT2D eigenvalue weighted by Crippen LogP contribution is -2.31. The maximum atomic E-state index is 12.1. The highest BCUT2D eigenvalue weighted by molar-refractivity contribution is 6.28. The fourth-order valence-corrected chi connectivity index (χ4v) is 2.99. The normalized spacial score (nSPS) is 19.8. The molecule has 5 heteroatoms. The fraction of sp³-hybridized carbons (Fsp3) is 0.500. The van der Waals surface area contributed by atoms with Crippen LogP contribution in [-0.2, 0) is 0 Å². The molecule has 0 spiro atoms. The van der Waals surface area contributed by atoms with Crippen LogP contribution in [0.3, 0.4) is 0 Å². The van der Waals surface area contributed by atoms with Gasteiger partial charge in [0.2, 0.25) is 5.28 Å². The van der Waals surface area contributed by atoms with Gasteiger partial charge in [-0.1, -0.05) is 20.8 Å². The summed E-state index contributed by atoms with van der Waals surface area (Å²) in [7, 11) is 0. The molecule has 0 aromatic carbocycles. The minimum atomic E-state index is 0.0683. The van der Waals surface area contributed by atoms with Crippen LogP contribution >= 0.6 is 11.6 Å². The van der Waals surface area contributed by atoms with Gasteiger partial charge in [0.15, 0.2) is 5.78 Å². The van der Waals surface area contributed by atoms with Crippen molar-refractivity contribution in [3.05, 3.63) is 23.2 Å². The van der Waals surface area contributed by atoms with Gasteiger partial charge in [-0.15, -0.1) is 0 Å². The molecule has 19 heavy (non-hydrogen) atoms. The molecule has 0 radical (unpaired) electrons.